The van der Waals surface area contributed by atoms with E-state index in [1.54, 1.807) is 12.3 Å². The summed E-state index contributed by atoms with van der Waals surface area (Å²) in [5.74, 6) is 3.10. The monoisotopic (exact) mass is 253 g/mol. The van der Waals surface area contributed by atoms with Gasteiger partial charge in [0, 0.05) is 12.3 Å². The van der Waals surface area contributed by atoms with Crippen LogP contribution in [0.2, 0.25) is 0 Å². The summed E-state index contributed by atoms with van der Waals surface area (Å²) in [7, 11) is 0. The van der Waals surface area contributed by atoms with Crippen molar-refractivity contribution in [2.75, 3.05) is 11.1 Å². The average molecular weight is 254 g/mol. The Hall–Kier alpha value is -1.21. The lowest BCUT2D eigenvalue weighted by Gasteiger charge is -2.21. The minimum Gasteiger partial charge on any atom is -0.384 e. The molecule has 1 rings (SSSR count). The largest absolute Gasteiger partial charge is 0.384 e. The highest BCUT2D eigenvalue weighted by Crippen LogP contribution is 2.25. The zero-order valence-corrected chi connectivity index (χ0v) is 9.72. The third-order valence-electron chi connectivity index (χ3n) is 1.68. The van der Waals surface area contributed by atoms with Gasteiger partial charge in [0.2, 0.25) is 0 Å². The molecule has 3 nitrogen and oxygen atoms in total. The Bertz CT molecular complexity index is 379. The van der Waals surface area contributed by atoms with Gasteiger partial charge in [0.25, 0.3) is 0 Å². The second kappa shape index (κ2) is 3.89. The molecule has 1 heterocycles. The highest BCUT2D eigenvalue weighted by molar-refractivity contribution is 9.10. The quantitative estimate of drug-likeness (QED) is 0.796. The number of terminal acetylenes is 1. The summed E-state index contributed by atoms with van der Waals surface area (Å²) in [6.45, 7) is 3.83. The van der Waals surface area contributed by atoms with Gasteiger partial charge < -0.3 is 11.1 Å². The third kappa shape index (κ3) is 2.64. The first-order chi connectivity index (χ1) is 6.44. The van der Waals surface area contributed by atoms with Crippen LogP contribution in [0, 0.1) is 12.3 Å². The number of nitrogens with one attached hydrogen (secondary N) is 1. The molecule has 0 bridgehead atoms. The summed E-state index contributed by atoms with van der Waals surface area (Å²) in [5, 5.41) is 3.17. The molecule has 0 saturated carbocycles. The van der Waals surface area contributed by atoms with Crippen molar-refractivity contribution < 1.29 is 0 Å². The number of rotatable bonds is 2. The number of hydrogen-bond acceptors (Lipinski definition) is 3. The first-order valence-corrected chi connectivity index (χ1v) is 4.91. The second-order valence-corrected chi connectivity index (χ2v) is 4.34. The van der Waals surface area contributed by atoms with Crippen molar-refractivity contribution in [1.82, 2.24) is 4.98 Å². The summed E-state index contributed by atoms with van der Waals surface area (Å²) < 4.78 is 0.843. The highest BCUT2D eigenvalue weighted by Gasteiger charge is 2.14. The number of halogens is 1. The predicted octanol–water partition coefficient (Wildman–Crippen LogP) is 2.25. The fourth-order valence-electron chi connectivity index (χ4n) is 0.923. The van der Waals surface area contributed by atoms with Gasteiger partial charge in [0.15, 0.2) is 0 Å². The van der Waals surface area contributed by atoms with Gasteiger partial charge in [0.1, 0.15) is 5.82 Å². The van der Waals surface area contributed by atoms with Crippen molar-refractivity contribution in [1.29, 1.82) is 0 Å². The van der Waals surface area contributed by atoms with Gasteiger partial charge in [-0.25, -0.2) is 4.98 Å². The maximum absolute atomic E-state index is 5.56. The van der Waals surface area contributed by atoms with E-state index in [1.807, 2.05) is 13.8 Å². The molecule has 0 aliphatic rings. The molecule has 0 aliphatic heterocycles. The van der Waals surface area contributed by atoms with Crippen LogP contribution < -0.4 is 11.1 Å². The van der Waals surface area contributed by atoms with Crippen LogP contribution in [-0.2, 0) is 0 Å². The predicted molar refractivity (Wildman–Crippen MR) is 62.9 cm³/mol. The Morgan fingerprint density at radius 3 is 2.86 bits per heavy atom. The molecule has 14 heavy (non-hydrogen) atoms. The molecule has 3 N–H and O–H groups in total. The van der Waals surface area contributed by atoms with Crippen molar-refractivity contribution in [2.45, 2.75) is 19.4 Å². The highest BCUT2D eigenvalue weighted by atomic mass is 79.9. The van der Waals surface area contributed by atoms with E-state index in [0.29, 0.717) is 5.82 Å². The maximum Gasteiger partial charge on any atom is 0.125 e. The molecule has 0 radical (unpaired) electrons. The Kier molecular flexibility index (Phi) is 3.02. The van der Waals surface area contributed by atoms with Gasteiger partial charge in [-0.15, -0.1) is 6.42 Å². The fourth-order valence-corrected chi connectivity index (χ4v) is 1.24. The molecule has 1 aromatic rings. The second-order valence-electron chi connectivity index (χ2n) is 3.48. The van der Waals surface area contributed by atoms with E-state index >= 15 is 0 Å². The molecule has 4 heteroatoms. The zero-order chi connectivity index (χ0) is 10.8. The molecule has 0 aliphatic carbocycles. The van der Waals surface area contributed by atoms with Crippen molar-refractivity contribution in [2.24, 2.45) is 0 Å². The number of hydrogen-bond donors (Lipinski definition) is 2. The van der Waals surface area contributed by atoms with Gasteiger partial charge in [-0.3, -0.25) is 0 Å². The number of anilines is 2. The van der Waals surface area contributed by atoms with E-state index in [-0.39, 0.29) is 0 Å². The van der Waals surface area contributed by atoms with Crippen LogP contribution >= 0.6 is 15.9 Å². The third-order valence-corrected chi connectivity index (χ3v) is 2.32. The van der Waals surface area contributed by atoms with E-state index in [9.17, 15) is 0 Å². The Morgan fingerprint density at radius 2 is 2.29 bits per heavy atom. The van der Waals surface area contributed by atoms with E-state index in [0.717, 1.165) is 10.2 Å². The van der Waals surface area contributed by atoms with E-state index in [4.69, 9.17) is 12.2 Å². The molecule has 0 unspecified atom stereocenters. The van der Waals surface area contributed by atoms with Gasteiger partial charge in [-0.05, 0) is 29.8 Å². The summed E-state index contributed by atoms with van der Waals surface area (Å²) in [6, 6.07) is 1.74. The Morgan fingerprint density at radius 1 is 1.64 bits per heavy atom. The summed E-state index contributed by atoms with van der Waals surface area (Å²) in [5.41, 5.74) is 6.01. The normalized spacial score (nSPS) is 10.7. The lowest BCUT2D eigenvalue weighted by atomic mass is 10.1. The molecule has 1 aromatic heterocycles. The lowest BCUT2D eigenvalue weighted by Crippen LogP contribution is -2.28. The minimum absolute atomic E-state index is 0.406. The summed E-state index contributed by atoms with van der Waals surface area (Å²) >= 11 is 3.36. The molecule has 0 fully saturated rings. The van der Waals surface area contributed by atoms with E-state index < -0.39 is 5.54 Å². The van der Waals surface area contributed by atoms with Gasteiger partial charge in [-0.2, -0.15) is 0 Å². The van der Waals surface area contributed by atoms with E-state index in [1.165, 1.54) is 0 Å². The lowest BCUT2D eigenvalue weighted by molar-refractivity contribution is 0.741. The van der Waals surface area contributed by atoms with Crippen LogP contribution in [0.25, 0.3) is 0 Å². The molecular formula is C10H12BrN3. The SMILES string of the molecule is C#CC(C)(C)Nc1cc(N)ncc1Br. The number of nitrogens with two attached hydrogens (primary N) is 1. The van der Waals surface area contributed by atoms with Crippen molar-refractivity contribution in [3.05, 3.63) is 16.7 Å². The number of nitrogen functional groups attached to an aromatic ring is 1. The topological polar surface area (TPSA) is 50.9 Å². The molecule has 0 spiro atoms. The van der Waals surface area contributed by atoms with Crippen LogP contribution in [0.4, 0.5) is 11.5 Å². The fraction of sp³-hybridized carbons (Fsp3) is 0.300. The number of pyridine rings is 1. The standard InChI is InChI=1S/C10H12BrN3/c1-4-10(2,3)14-8-5-9(12)13-6-7(8)11/h1,5-6H,2-3H3,(H3,12,13,14). The Labute approximate surface area is 92.2 Å². The van der Waals surface area contributed by atoms with Gasteiger partial charge in [-0.1, -0.05) is 5.92 Å². The summed E-state index contributed by atoms with van der Waals surface area (Å²) in [4.78, 5) is 3.93. The smallest absolute Gasteiger partial charge is 0.125 e. The van der Waals surface area contributed by atoms with Crippen molar-refractivity contribution >= 4 is 27.4 Å². The number of nitrogens with zero attached hydrogens (tertiary/aromatic N) is 1. The summed E-state index contributed by atoms with van der Waals surface area (Å²) in [6.07, 6.45) is 7.01. The van der Waals surface area contributed by atoms with Crippen LogP contribution in [0.5, 0.6) is 0 Å². The van der Waals surface area contributed by atoms with Crippen molar-refractivity contribution in [3.8, 4) is 12.3 Å². The molecule has 0 saturated heterocycles. The van der Waals surface area contributed by atoms with Crippen LogP contribution in [0.1, 0.15) is 13.8 Å². The van der Waals surface area contributed by atoms with Crippen molar-refractivity contribution in [3.63, 3.8) is 0 Å². The van der Waals surface area contributed by atoms with Gasteiger partial charge in [0.05, 0.1) is 15.7 Å². The molecule has 74 valence electrons. The Balaban J connectivity index is 2.98. The molecule has 0 amide bonds. The molecular weight excluding hydrogens is 242 g/mol. The first kappa shape index (κ1) is 10.9. The van der Waals surface area contributed by atoms with Crippen LogP contribution in [-0.4, -0.2) is 10.5 Å². The zero-order valence-electron chi connectivity index (χ0n) is 8.13. The number of aromatic nitrogens is 1. The average Bonchev–Trinajstić information content (AvgIpc) is 2.11. The van der Waals surface area contributed by atoms with E-state index in [2.05, 4.69) is 32.2 Å². The molecule has 0 atom stereocenters. The first-order valence-electron chi connectivity index (χ1n) is 4.11. The van der Waals surface area contributed by atoms with Crippen LogP contribution in [0.15, 0.2) is 16.7 Å². The van der Waals surface area contributed by atoms with Crippen LogP contribution in [0.3, 0.4) is 0 Å². The maximum atomic E-state index is 5.56. The molecule has 0 aromatic carbocycles. The van der Waals surface area contributed by atoms with Gasteiger partial charge >= 0.3 is 0 Å². The minimum atomic E-state index is -0.406.